The van der Waals surface area contributed by atoms with Gasteiger partial charge in [0.15, 0.2) is 5.54 Å². The summed E-state index contributed by atoms with van der Waals surface area (Å²) in [5.41, 5.74) is 8.37. The Labute approximate surface area is 266 Å². The van der Waals surface area contributed by atoms with Gasteiger partial charge in [-0.3, -0.25) is 19.6 Å². The topological polar surface area (TPSA) is 92.4 Å². The number of halogens is 1. The van der Waals surface area contributed by atoms with Gasteiger partial charge in [-0.2, -0.15) is 0 Å². The highest BCUT2D eigenvalue weighted by Crippen LogP contribution is 2.27. The molecule has 0 radical (unpaired) electrons. The third-order valence-corrected chi connectivity index (χ3v) is 8.40. The highest BCUT2D eigenvalue weighted by molar-refractivity contribution is 6.10. The number of hydrogen-bond acceptors (Lipinski definition) is 5. The number of aromatic nitrogens is 2. The van der Waals surface area contributed by atoms with E-state index in [1.54, 1.807) is 53.8 Å². The standard InChI is InChI=1S/C37H44FN5O2/c1-36(2,3)42(4)34(44)37(39,26-30-8-6-5-7-9-30)35(45)43(27-31-10-14-32(38)15-11-31)33(16-12-28-18-22-40-23-19-28)17-13-29-20-24-41-25-21-29/h5-11,14-15,18-25,33H,12-13,16-17,26-27,39H2,1-4H3/t37-/m1/s1. The van der Waals surface area contributed by atoms with E-state index in [-0.39, 0.29) is 24.8 Å². The summed E-state index contributed by atoms with van der Waals surface area (Å²) < 4.78 is 13.9. The molecular weight excluding hydrogens is 565 g/mol. The summed E-state index contributed by atoms with van der Waals surface area (Å²) in [5, 5.41) is 0. The van der Waals surface area contributed by atoms with Crippen LogP contribution in [0.2, 0.25) is 0 Å². The molecule has 0 aliphatic carbocycles. The lowest BCUT2D eigenvalue weighted by molar-refractivity contribution is -0.153. The molecule has 236 valence electrons. The molecule has 4 aromatic rings. The molecule has 1 atom stereocenters. The first kappa shape index (κ1) is 33.5. The highest BCUT2D eigenvalue weighted by atomic mass is 19.1. The number of benzene rings is 2. The number of likely N-dealkylation sites (N-methyl/N-ethyl adjacent to an activating group) is 1. The molecule has 7 nitrogen and oxygen atoms in total. The number of amides is 2. The summed E-state index contributed by atoms with van der Waals surface area (Å²) in [5.74, 6) is -1.26. The predicted octanol–water partition coefficient (Wildman–Crippen LogP) is 5.78. The van der Waals surface area contributed by atoms with E-state index < -0.39 is 22.9 Å². The first-order valence-corrected chi connectivity index (χ1v) is 15.4. The summed E-state index contributed by atoms with van der Waals surface area (Å²) in [6, 6.07) is 23.1. The molecule has 2 aromatic heterocycles. The Morgan fingerprint density at radius 3 is 1.73 bits per heavy atom. The molecule has 0 unspecified atom stereocenters. The maximum absolute atomic E-state index is 15.0. The quantitative estimate of drug-likeness (QED) is 0.194. The van der Waals surface area contributed by atoms with E-state index in [0.717, 1.165) is 22.3 Å². The molecule has 2 heterocycles. The number of aryl methyl sites for hydroxylation is 2. The second-order valence-corrected chi connectivity index (χ2v) is 12.7. The van der Waals surface area contributed by atoms with Crippen LogP contribution in [0.3, 0.4) is 0 Å². The van der Waals surface area contributed by atoms with Crippen molar-refractivity contribution in [3.8, 4) is 0 Å². The van der Waals surface area contributed by atoms with Crippen LogP contribution in [0.4, 0.5) is 4.39 Å². The van der Waals surface area contributed by atoms with Gasteiger partial charge in [-0.05, 0) is 105 Å². The van der Waals surface area contributed by atoms with Crippen LogP contribution in [-0.2, 0) is 35.4 Å². The van der Waals surface area contributed by atoms with E-state index in [2.05, 4.69) is 9.97 Å². The summed E-state index contributed by atoms with van der Waals surface area (Å²) >= 11 is 0. The van der Waals surface area contributed by atoms with Crippen LogP contribution in [0.25, 0.3) is 0 Å². The van der Waals surface area contributed by atoms with Gasteiger partial charge in [0.2, 0.25) is 0 Å². The van der Waals surface area contributed by atoms with Gasteiger partial charge in [0.05, 0.1) is 0 Å². The maximum atomic E-state index is 15.0. The molecule has 2 aromatic carbocycles. The molecule has 0 aliphatic rings. The van der Waals surface area contributed by atoms with Gasteiger partial charge in [0.1, 0.15) is 5.82 Å². The molecule has 0 saturated heterocycles. The second-order valence-electron chi connectivity index (χ2n) is 12.7. The van der Waals surface area contributed by atoms with Crippen molar-refractivity contribution in [3.05, 3.63) is 132 Å². The van der Waals surface area contributed by atoms with Crippen LogP contribution in [0.5, 0.6) is 0 Å². The van der Waals surface area contributed by atoms with Gasteiger partial charge in [-0.1, -0.05) is 42.5 Å². The summed E-state index contributed by atoms with van der Waals surface area (Å²) in [7, 11) is 1.69. The molecule has 2 amide bonds. The number of pyridine rings is 2. The largest absolute Gasteiger partial charge is 0.339 e. The van der Waals surface area contributed by atoms with Crippen LogP contribution < -0.4 is 5.73 Å². The van der Waals surface area contributed by atoms with E-state index in [1.807, 2.05) is 75.4 Å². The maximum Gasteiger partial charge on any atom is 0.253 e. The Kier molecular flexibility index (Phi) is 11.2. The van der Waals surface area contributed by atoms with Gasteiger partial charge in [-0.25, -0.2) is 4.39 Å². The number of rotatable bonds is 13. The summed E-state index contributed by atoms with van der Waals surface area (Å²) in [6.45, 7) is 5.93. The minimum atomic E-state index is -1.88. The van der Waals surface area contributed by atoms with Crippen LogP contribution >= 0.6 is 0 Å². The van der Waals surface area contributed by atoms with E-state index in [9.17, 15) is 9.18 Å². The highest BCUT2D eigenvalue weighted by Gasteiger charge is 2.49. The summed E-state index contributed by atoms with van der Waals surface area (Å²) in [6.07, 6.45) is 9.73. The van der Waals surface area contributed by atoms with Crippen molar-refractivity contribution in [1.29, 1.82) is 0 Å². The van der Waals surface area contributed by atoms with E-state index >= 15 is 4.79 Å². The number of nitrogens with two attached hydrogens (primary N) is 1. The zero-order valence-corrected chi connectivity index (χ0v) is 26.7. The zero-order valence-electron chi connectivity index (χ0n) is 26.7. The van der Waals surface area contributed by atoms with Crippen molar-refractivity contribution in [1.82, 2.24) is 19.8 Å². The van der Waals surface area contributed by atoms with Gasteiger partial charge >= 0.3 is 0 Å². The van der Waals surface area contributed by atoms with Gasteiger partial charge in [-0.15, -0.1) is 0 Å². The van der Waals surface area contributed by atoms with Crippen molar-refractivity contribution in [2.45, 2.75) is 76.5 Å². The van der Waals surface area contributed by atoms with Crippen molar-refractivity contribution >= 4 is 11.8 Å². The monoisotopic (exact) mass is 609 g/mol. The lowest BCUT2D eigenvalue weighted by Gasteiger charge is -2.42. The zero-order chi connectivity index (χ0) is 32.5. The smallest absolute Gasteiger partial charge is 0.253 e. The molecule has 0 saturated carbocycles. The summed E-state index contributed by atoms with van der Waals surface area (Å²) in [4.78, 5) is 41.0. The molecular formula is C37H44FN5O2. The lowest BCUT2D eigenvalue weighted by Crippen LogP contribution is -2.68. The molecule has 0 spiro atoms. The Morgan fingerprint density at radius 1 is 0.733 bits per heavy atom. The van der Waals surface area contributed by atoms with E-state index in [0.29, 0.717) is 25.7 Å². The third kappa shape index (κ3) is 9.05. The molecule has 0 bridgehead atoms. The number of carbonyl (C=O) groups excluding carboxylic acids is 2. The van der Waals surface area contributed by atoms with Gasteiger partial charge in [0, 0.05) is 56.4 Å². The second kappa shape index (κ2) is 15.0. The minimum absolute atomic E-state index is 0.0350. The van der Waals surface area contributed by atoms with Gasteiger partial charge < -0.3 is 15.5 Å². The van der Waals surface area contributed by atoms with Gasteiger partial charge in [0.25, 0.3) is 11.8 Å². The number of hydrogen-bond donors (Lipinski definition) is 1. The normalized spacial score (nSPS) is 12.9. The van der Waals surface area contributed by atoms with Crippen molar-refractivity contribution in [3.63, 3.8) is 0 Å². The number of carbonyl (C=O) groups is 2. The van der Waals surface area contributed by atoms with Crippen LogP contribution in [0.1, 0.15) is 55.9 Å². The van der Waals surface area contributed by atoms with Crippen LogP contribution in [0, 0.1) is 5.82 Å². The fourth-order valence-electron chi connectivity index (χ4n) is 5.40. The van der Waals surface area contributed by atoms with Crippen molar-refractivity contribution < 1.29 is 14.0 Å². The molecule has 2 N–H and O–H groups in total. The Hall–Kier alpha value is -4.43. The first-order chi connectivity index (χ1) is 21.5. The van der Waals surface area contributed by atoms with E-state index in [1.165, 1.54) is 12.1 Å². The predicted molar refractivity (Wildman–Crippen MR) is 175 cm³/mol. The Balaban J connectivity index is 1.79. The van der Waals surface area contributed by atoms with E-state index in [4.69, 9.17) is 5.73 Å². The van der Waals surface area contributed by atoms with Crippen LogP contribution in [-0.4, -0.2) is 55.7 Å². The Morgan fingerprint density at radius 2 is 1.24 bits per heavy atom. The number of nitrogens with zero attached hydrogens (tertiary/aromatic N) is 4. The van der Waals surface area contributed by atoms with Crippen molar-refractivity contribution in [2.75, 3.05) is 7.05 Å². The lowest BCUT2D eigenvalue weighted by atomic mass is 9.85. The van der Waals surface area contributed by atoms with Crippen LogP contribution in [0.15, 0.2) is 104 Å². The Bertz CT molecular complexity index is 1470. The fraction of sp³-hybridized carbons (Fsp3) is 0.351. The average molecular weight is 610 g/mol. The molecule has 4 rings (SSSR count). The first-order valence-electron chi connectivity index (χ1n) is 15.4. The minimum Gasteiger partial charge on any atom is -0.339 e. The molecule has 8 heteroatoms. The molecule has 0 aliphatic heterocycles. The average Bonchev–Trinajstić information content (AvgIpc) is 3.04. The third-order valence-electron chi connectivity index (χ3n) is 8.40. The fourth-order valence-corrected chi connectivity index (χ4v) is 5.40. The van der Waals surface area contributed by atoms with Crippen molar-refractivity contribution in [2.24, 2.45) is 5.73 Å². The molecule has 0 fully saturated rings. The SMILES string of the molecule is CN(C(=O)[C@](N)(Cc1ccccc1)C(=O)N(Cc1ccc(F)cc1)C(CCc1ccncc1)CCc1ccncc1)C(C)(C)C. The molecule has 45 heavy (non-hydrogen) atoms.